The average molecular weight is 698 g/mol. The standard InChI is InChI=1S/C18H30N4O6S.Rf/c1-6-15(23)19-12(4)13(5)22-9-10(2)7-14(22)16(24)20-18(8-11(18)3)17(25)21-29(26,27)28;/h10-12,14H,5-9H2,1-4H3,(H,19,23)(H,20,24)(H,21,25)(H,26,27,28);. The SMILES string of the molecule is C=C(C(C)NC(=O)CC)N1CC(C)CC1C(=O)NC1(C(=O)NS(=O)(=O)O)CC1C.[Rf]. The van der Waals surface area contributed by atoms with E-state index in [0.717, 1.165) is 0 Å². The normalized spacial score (nSPS) is 28.7. The Morgan fingerprint density at radius 3 is 2.33 bits per heavy atom. The van der Waals surface area contributed by atoms with Crippen LogP contribution in [0.4, 0.5) is 0 Å². The monoisotopic (exact) mass is 697 g/mol. The van der Waals surface area contributed by atoms with E-state index in [-0.39, 0.29) is 30.2 Å². The van der Waals surface area contributed by atoms with Gasteiger partial charge in [0.1, 0.15) is 11.6 Å². The first-order chi connectivity index (χ1) is 13.3. The van der Waals surface area contributed by atoms with Gasteiger partial charge >= 0.3 is 10.3 Å². The molecule has 0 aromatic rings. The minimum Gasteiger partial charge on any atom is -0.361 e. The van der Waals surface area contributed by atoms with E-state index in [1.165, 1.54) is 4.72 Å². The fourth-order valence-corrected chi connectivity index (χ4v) is 4.19. The summed E-state index contributed by atoms with van der Waals surface area (Å²) in [5.74, 6) is -1.58. The number of carbonyl (C=O) groups is 3. The molecule has 1 heterocycles. The van der Waals surface area contributed by atoms with Gasteiger partial charge in [0.15, 0.2) is 0 Å². The third kappa shape index (κ3) is 5.26. The number of hydrogen-bond donors (Lipinski definition) is 4. The summed E-state index contributed by atoms with van der Waals surface area (Å²) in [5.41, 5.74) is -0.773. The van der Waals surface area contributed by atoms with Gasteiger partial charge < -0.3 is 15.5 Å². The molecule has 1 aliphatic carbocycles. The van der Waals surface area contributed by atoms with Gasteiger partial charge in [-0.1, -0.05) is 27.4 Å². The Morgan fingerprint density at radius 2 is 1.87 bits per heavy atom. The second-order valence-electron chi connectivity index (χ2n) is 8.12. The maximum atomic E-state index is 13.0. The Labute approximate surface area is 171 Å². The van der Waals surface area contributed by atoms with E-state index < -0.39 is 33.7 Å². The zero-order valence-electron chi connectivity index (χ0n) is 17.9. The van der Waals surface area contributed by atoms with Crippen molar-refractivity contribution in [3.05, 3.63) is 12.3 Å². The van der Waals surface area contributed by atoms with Gasteiger partial charge in [0.05, 0.1) is 6.04 Å². The van der Waals surface area contributed by atoms with Crippen LogP contribution in [0.3, 0.4) is 0 Å². The molecule has 2 fully saturated rings. The first-order valence-corrected chi connectivity index (χ1v) is 11.1. The number of amides is 3. The van der Waals surface area contributed by atoms with Crippen molar-refractivity contribution in [1.29, 1.82) is 0 Å². The van der Waals surface area contributed by atoms with Gasteiger partial charge in [-0.05, 0) is 31.6 Å². The van der Waals surface area contributed by atoms with Crippen LogP contribution in [0.5, 0.6) is 0 Å². The van der Waals surface area contributed by atoms with Gasteiger partial charge in [0.25, 0.3) is 5.91 Å². The van der Waals surface area contributed by atoms with E-state index in [2.05, 4.69) is 17.2 Å². The average Bonchev–Trinajstić information content (AvgIpc) is 3.08. The zero-order valence-corrected chi connectivity index (χ0v) is 25.1. The van der Waals surface area contributed by atoms with E-state index in [9.17, 15) is 22.8 Å². The van der Waals surface area contributed by atoms with E-state index in [4.69, 9.17) is 4.55 Å². The summed E-state index contributed by atoms with van der Waals surface area (Å²) in [4.78, 5) is 38.8. The minimum absolute atomic E-state index is 0. The third-order valence-corrected chi connectivity index (χ3v) is 6.11. The number of likely N-dealkylation sites (tertiary alicyclic amines) is 1. The van der Waals surface area contributed by atoms with Crippen molar-refractivity contribution in [2.45, 2.75) is 64.6 Å². The number of carbonyl (C=O) groups excluding carboxylic acids is 3. The van der Waals surface area contributed by atoms with Crippen LogP contribution in [0.15, 0.2) is 12.3 Å². The largest absolute Gasteiger partial charge is 0.361 e. The second kappa shape index (κ2) is 8.70. The van der Waals surface area contributed by atoms with Crippen molar-refractivity contribution in [3.63, 3.8) is 0 Å². The van der Waals surface area contributed by atoms with Crippen LogP contribution < -0.4 is 15.4 Å². The van der Waals surface area contributed by atoms with Crippen LogP contribution in [-0.2, 0) is 24.7 Å². The Bertz CT molecular complexity index is 819. The van der Waals surface area contributed by atoms with Crippen LogP contribution in [-0.4, -0.2) is 59.8 Å². The zero-order chi connectivity index (χ0) is 22.1. The summed E-state index contributed by atoms with van der Waals surface area (Å²) in [6, 6.07) is -0.957. The molecule has 2 aliphatic rings. The van der Waals surface area contributed by atoms with Crippen LogP contribution in [0.2, 0.25) is 0 Å². The fourth-order valence-electron chi connectivity index (χ4n) is 3.77. The van der Waals surface area contributed by atoms with Crippen LogP contribution in [0, 0.1) is 11.8 Å². The van der Waals surface area contributed by atoms with Gasteiger partial charge in [0, 0.05) is 18.7 Å². The maximum absolute atomic E-state index is 13.0. The molecule has 0 aromatic carbocycles. The van der Waals surface area contributed by atoms with Gasteiger partial charge in [-0.25, -0.2) is 4.72 Å². The number of rotatable bonds is 8. The van der Waals surface area contributed by atoms with Gasteiger partial charge in [0.2, 0.25) is 11.8 Å². The number of nitrogens with one attached hydrogen (secondary N) is 3. The first-order valence-electron chi connectivity index (χ1n) is 9.67. The molecule has 30 heavy (non-hydrogen) atoms. The molecule has 0 spiro atoms. The summed E-state index contributed by atoms with van der Waals surface area (Å²) in [5, 5.41) is 5.50. The van der Waals surface area contributed by atoms with Crippen molar-refractivity contribution in [1.82, 2.24) is 20.3 Å². The summed E-state index contributed by atoms with van der Waals surface area (Å²) < 4.78 is 32.4. The van der Waals surface area contributed by atoms with Crippen molar-refractivity contribution in [3.8, 4) is 0 Å². The summed E-state index contributed by atoms with van der Waals surface area (Å²) in [6.07, 6.45) is 1.14. The summed E-state index contributed by atoms with van der Waals surface area (Å²) >= 11 is 0. The van der Waals surface area contributed by atoms with Crippen LogP contribution >= 0.6 is 0 Å². The molecule has 0 radical (unpaired) electrons. The molecule has 12 heteroatoms. The van der Waals surface area contributed by atoms with E-state index in [1.54, 1.807) is 20.8 Å². The van der Waals surface area contributed by atoms with Crippen LogP contribution in [0.1, 0.15) is 47.0 Å². The molecule has 1 saturated heterocycles. The fraction of sp³-hybridized carbons (Fsp3) is 0.722. The van der Waals surface area contributed by atoms with Gasteiger partial charge in [-0.15, -0.1) is 0 Å². The Hall–Kier alpha value is -3.14. The molecule has 1 aliphatic heterocycles. The molecular formula is C18H30N4O6RfS. The summed E-state index contributed by atoms with van der Waals surface area (Å²) in [7, 11) is -4.72. The summed E-state index contributed by atoms with van der Waals surface area (Å²) in [6.45, 7) is 11.8. The molecular weight excluding hydrogens is 667 g/mol. The molecule has 166 valence electrons. The van der Waals surface area contributed by atoms with Crippen molar-refractivity contribution in [2.24, 2.45) is 11.8 Å². The molecule has 5 atom stereocenters. The van der Waals surface area contributed by atoms with Crippen molar-refractivity contribution < 1.29 is 27.4 Å². The van der Waals surface area contributed by atoms with Crippen LogP contribution in [0.25, 0.3) is 0 Å². The number of hydrogen-bond acceptors (Lipinski definition) is 6. The van der Waals surface area contributed by atoms with E-state index >= 15 is 0 Å². The quantitative estimate of drug-likeness (QED) is 0.260. The minimum atomic E-state index is -4.72. The second-order valence-corrected chi connectivity index (χ2v) is 9.27. The van der Waals surface area contributed by atoms with Crippen molar-refractivity contribution in [2.75, 3.05) is 6.54 Å². The Kier molecular flexibility index (Phi) is 7.22. The van der Waals surface area contributed by atoms with E-state index in [0.29, 0.717) is 25.1 Å². The third-order valence-electron chi connectivity index (χ3n) is 5.66. The molecule has 5 unspecified atom stereocenters. The predicted molar refractivity (Wildman–Crippen MR) is 106 cm³/mol. The Balaban J connectivity index is 0.00000450. The maximum Gasteiger partial charge on any atom is 0.359 e. The number of nitrogens with zero attached hydrogens (tertiary/aromatic N) is 1. The molecule has 3 amide bonds. The predicted octanol–water partition coefficient (Wildman–Crippen LogP) is -0.0610. The molecule has 0 bridgehead atoms. The van der Waals surface area contributed by atoms with Crippen molar-refractivity contribution >= 4 is 28.0 Å². The molecule has 2 rings (SSSR count). The smallest absolute Gasteiger partial charge is 0.359 e. The molecule has 4 N–H and O–H groups in total. The Morgan fingerprint density at radius 1 is 1.30 bits per heavy atom. The van der Waals surface area contributed by atoms with E-state index in [1.807, 2.05) is 11.8 Å². The first kappa shape index (κ1) is 24.9. The topological polar surface area (TPSA) is 145 Å². The van der Waals surface area contributed by atoms with Gasteiger partial charge in [-0.2, -0.15) is 8.42 Å². The molecule has 0 aromatic heterocycles. The molecule has 10 nitrogen and oxygen atoms in total. The van der Waals surface area contributed by atoms with Gasteiger partial charge in [-0.3, -0.25) is 18.9 Å². The molecule has 1 saturated carbocycles.